The van der Waals surface area contributed by atoms with Crippen LogP contribution in [0.15, 0.2) is 24.4 Å². The smallest absolute Gasteiger partial charge is 0.128 e. The zero-order chi connectivity index (χ0) is 13.5. The van der Waals surface area contributed by atoms with E-state index >= 15 is 0 Å². The van der Waals surface area contributed by atoms with Gasteiger partial charge in [0.2, 0.25) is 0 Å². The number of aromatic nitrogens is 1. The van der Waals surface area contributed by atoms with Crippen LogP contribution >= 0.6 is 0 Å². The molecule has 0 radical (unpaired) electrons. The molecule has 104 valence electrons. The Morgan fingerprint density at radius 2 is 2.11 bits per heavy atom. The largest absolute Gasteiger partial charge is 0.550 e. The first kappa shape index (κ1) is 13.8. The number of carboxylic acid groups (broad SMARTS) is 1. The summed E-state index contributed by atoms with van der Waals surface area (Å²) in [6.45, 7) is 5.30. The van der Waals surface area contributed by atoms with E-state index in [2.05, 4.69) is 9.88 Å². The normalized spacial score (nSPS) is 16.5. The van der Waals surface area contributed by atoms with Crippen molar-refractivity contribution in [2.45, 2.75) is 19.3 Å². The van der Waals surface area contributed by atoms with Crippen LogP contribution in [0.3, 0.4) is 0 Å². The van der Waals surface area contributed by atoms with Gasteiger partial charge in [-0.2, -0.15) is 0 Å². The molecule has 1 saturated heterocycles. The number of nitrogens with one attached hydrogen (secondary N) is 1. The van der Waals surface area contributed by atoms with Gasteiger partial charge in [-0.1, -0.05) is 6.07 Å². The van der Waals surface area contributed by atoms with E-state index in [1.54, 1.807) is 4.90 Å². The summed E-state index contributed by atoms with van der Waals surface area (Å²) < 4.78 is 0. The summed E-state index contributed by atoms with van der Waals surface area (Å²) in [5.74, 6) is 0.119. The number of pyridine rings is 1. The Labute approximate surface area is 113 Å². The molecule has 1 aromatic rings. The first-order chi connectivity index (χ1) is 9.25. The third kappa shape index (κ3) is 4.52. The number of anilines is 1. The molecule has 2 rings (SSSR count). The Hall–Kier alpha value is -1.62. The highest BCUT2D eigenvalue weighted by atomic mass is 16.4. The van der Waals surface area contributed by atoms with Crippen LogP contribution in [0.5, 0.6) is 0 Å². The van der Waals surface area contributed by atoms with Crippen LogP contribution in [0.1, 0.15) is 19.3 Å². The van der Waals surface area contributed by atoms with Crippen LogP contribution in [-0.4, -0.2) is 43.7 Å². The summed E-state index contributed by atoms with van der Waals surface area (Å²) in [5, 5.41) is 10.3. The monoisotopic (exact) mass is 263 g/mol. The summed E-state index contributed by atoms with van der Waals surface area (Å²) in [7, 11) is 0. The number of rotatable bonds is 6. The molecule has 0 amide bonds. The lowest BCUT2D eigenvalue weighted by Gasteiger charge is -2.32. The molecule has 1 fully saturated rings. The highest BCUT2D eigenvalue weighted by molar-refractivity contribution is 5.64. The van der Waals surface area contributed by atoms with Gasteiger partial charge in [-0.05, 0) is 31.4 Å². The molecule has 19 heavy (non-hydrogen) atoms. The van der Waals surface area contributed by atoms with Gasteiger partial charge in [0.1, 0.15) is 5.82 Å². The van der Waals surface area contributed by atoms with Crippen LogP contribution in [-0.2, 0) is 4.79 Å². The number of carbonyl (C=O) groups excluding carboxylic acids is 1. The van der Waals surface area contributed by atoms with Gasteiger partial charge in [-0.25, -0.2) is 4.98 Å². The number of carboxylic acids is 1. The number of aliphatic carboxylic acids is 1. The fourth-order valence-corrected chi connectivity index (χ4v) is 2.49. The van der Waals surface area contributed by atoms with E-state index in [1.165, 1.54) is 0 Å². The summed E-state index contributed by atoms with van der Waals surface area (Å²) in [4.78, 5) is 18.6. The van der Waals surface area contributed by atoms with Crippen molar-refractivity contribution in [3.63, 3.8) is 0 Å². The number of hydrogen-bond acceptors (Lipinski definition) is 4. The highest BCUT2D eigenvalue weighted by Gasteiger charge is 2.19. The van der Waals surface area contributed by atoms with Crippen LogP contribution in [0.2, 0.25) is 0 Å². The zero-order valence-electron chi connectivity index (χ0n) is 11.2. The molecule has 0 unspecified atom stereocenters. The summed E-state index contributed by atoms with van der Waals surface area (Å²) in [6.07, 6.45) is 3.71. The molecular weight excluding hydrogens is 242 g/mol. The molecule has 1 aliphatic heterocycles. The number of nitrogens with zero attached hydrogens (tertiary/aromatic N) is 2. The van der Waals surface area contributed by atoms with Gasteiger partial charge in [0, 0.05) is 12.2 Å². The van der Waals surface area contributed by atoms with Crippen LogP contribution in [0.25, 0.3) is 0 Å². The number of piperazine rings is 1. The van der Waals surface area contributed by atoms with Crippen molar-refractivity contribution in [1.29, 1.82) is 0 Å². The van der Waals surface area contributed by atoms with Crippen molar-refractivity contribution in [1.82, 2.24) is 4.98 Å². The Morgan fingerprint density at radius 3 is 2.74 bits per heavy atom. The topological polar surface area (TPSA) is 60.7 Å². The predicted molar refractivity (Wildman–Crippen MR) is 70.9 cm³/mol. The molecule has 0 atom stereocenters. The second kappa shape index (κ2) is 7.09. The van der Waals surface area contributed by atoms with Crippen molar-refractivity contribution in [3.05, 3.63) is 24.4 Å². The first-order valence-electron chi connectivity index (χ1n) is 6.95. The molecule has 2 heterocycles. The minimum atomic E-state index is -0.935. The van der Waals surface area contributed by atoms with Gasteiger partial charge in [-0.15, -0.1) is 0 Å². The number of hydrogen-bond donors (Lipinski definition) is 1. The van der Waals surface area contributed by atoms with Gasteiger partial charge >= 0.3 is 0 Å². The maximum absolute atomic E-state index is 10.3. The lowest BCUT2D eigenvalue weighted by atomic mass is 10.2. The van der Waals surface area contributed by atoms with Crippen molar-refractivity contribution >= 4 is 11.8 Å². The second-order valence-electron chi connectivity index (χ2n) is 5.00. The molecule has 0 aliphatic carbocycles. The fraction of sp³-hybridized carbons (Fsp3) is 0.571. The Balaban J connectivity index is 1.67. The highest BCUT2D eigenvalue weighted by Crippen LogP contribution is 2.08. The van der Waals surface area contributed by atoms with Crippen LogP contribution < -0.4 is 14.9 Å². The maximum Gasteiger partial charge on any atom is 0.128 e. The van der Waals surface area contributed by atoms with Gasteiger partial charge in [0.15, 0.2) is 0 Å². The first-order valence-corrected chi connectivity index (χ1v) is 6.95. The number of carbonyl (C=O) groups is 1. The number of quaternary nitrogens is 1. The quantitative estimate of drug-likeness (QED) is 0.649. The molecule has 0 bridgehead atoms. The van der Waals surface area contributed by atoms with Crippen molar-refractivity contribution < 1.29 is 14.8 Å². The molecule has 0 spiro atoms. The molecule has 0 aromatic carbocycles. The van der Waals surface area contributed by atoms with Gasteiger partial charge in [-0.3, -0.25) is 0 Å². The molecule has 1 aromatic heterocycles. The van der Waals surface area contributed by atoms with Gasteiger partial charge < -0.3 is 19.7 Å². The lowest BCUT2D eigenvalue weighted by molar-refractivity contribution is -0.900. The summed E-state index contributed by atoms with van der Waals surface area (Å²) in [6, 6.07) is 5.99. The molecule has 1 N–H and O–H groups in total. The van der Waals surface area contributed by atoms with Gasteiger partial charge in [0.05, 0.1) is 32.7 Å². The molecule has 0 saturated carbocycles. The maximum atomic E-state index is 10.3. The predicted octanol–water partition coefficient (Wildman–Crippen LogP) is -1.29. The Bertz CT molecular complexity index is 389. The van der Waals surface area contributed by atoms with E-state index in [-0.39, 0.29) is 6.42 Å². The lowest BCUT2D eigenvalue weighted by Crippen LogP contribution is -3.14. The third-order valence-corrected chi connectivity index (χ3v) is 3.61. The fourth-order valence-electron chi connectivity index (χ4n) is 2.49. The van der Waals surface area contributed by atoms with E-state index in [1.807, 2.05) is 24.4 Å². The number of unbranched alkanes of at least 4 members (excludes halogenated alkanes) is 1. The molecule has 1 aliphatic rings. The zero-order valence-corrected chi connectivity index (χ0v) is 11.2. The minimum absolute atomic E-state index is 0.188. The van der Waals surface area contributed by atoms with E-state index in [0.29, 0.717) is 0 Å². The van der Waals surface area contributed by atoms with E-state index in [9.17, 15) is 9.90 Å². The van der Waals surface area contributed by atoms with E-state index in [0.717, 1.165) is 51.4 Å². The van der Waals surface area contributed by atoms with Crippen LogP contribution in [0, 0.1) is 0 Å². The summed E-state index contributed by atoms with van der Waals surface area (Å²) >= 11 is 0. The van der Waals surface area contributed by atoms with Crippen molar-refractivity contribution in [3.8, 4) is 0 Å². The third-order valence-electron chi connectivity index (χ3n) is 3.61. The molecular formula is C14H21N3O2. The Kier molecular flexibility index (Phi) is 5.15. The minimum Gasteiger partial charge on any atom is -0.550 e. The van der Waals surface area contributed by atoms with Crippen LogP contribution in [0.4, 0.5) is 5.82 Å². The van der Waals surface area contributed by atoms with Gasteiger partial charge in [0.25, 0.3) is 0 Å². The van der Waals surface area contributed by atoms with E-state index < -0.39 is 5.97 Å². The Morgan fingerprint density at radius 1 is 1.32 bits per heavy atom. The molecule has 5 heteroatoms. The average Bonchev–Trinajstić information content (AvgIpc) is 2.45. The van der Waals surface area contributed by atoms with Crippen molar-refractivity contribution in [2.75, 3.05) is 37.6 Å². The molecule has 5 nitrogen and oxygen atoms in total. The summed E-state index contributed by atoms with van der Waals surface area (Å²) in [5.41, 5.74) is 0. The SMILES string of the molecule is O=C([O-])CCCC[NH+]1CCN(c2ccccn2)CC1. The average molecular weight is 263 g/mol. The van der Waals surface area contributed by atoms with E-state index in [4.69, 9.17) is 0 Å². The van der Waals surface area contributed by atoms with Crippen molar-refractivity contribution in [2.24, 2.45) is 0 Å². The second-order valence-corrected chi connectivity index (χ2v) is 5.00. The standard InChI is InChI=1S/C14H21N3O2/c18-14(19)6-2-4-8-16-9-11-17(12-10-16)13-5-1-3-7-15-13/h1,3,5,7H,2,4,6,8-12H2,(H,18,19).